The molecule has 0 bridgehead atoms. The molecule has 0 saturated carbocycles. The minimum absolute atomic E-state index is 1.12. The Kier molecular flexibility index (Phi) is 6.75. The second kappa shape index (κ2) is 11.7. The third-order valence-corrected chi connectivity index (χ3v) is 11.2. The zero-order chi connectivity index (χ0) is 33.0. The molecule has 0 radical (unpaired) electrons. The summed E-state index contributed by atoms with van der Waals surface area (Å²) in [6.45, 7) is 0. The van der Waals surface area contributed by atoms with E-state index in [2.05, 4.69) is 193 Å². The maximum absolute atomic E-state index is 2.44. The van der Waals surface area contributed by atoms with Crippen molar-refractivity contribution >= 4 is 80.9 Å². The number of rotatable bonds is 5. The van der Waals surface area contributed by atoms with Crippen molar-refractivity contribution in [2.75, 3.05) is 4.90 Å². The Morgan fingerprint density at radius 3 is 1.88 bits per heavy atom. The second-order valence-electron chi connectivity index (χ2n) is 12.9. The SMILES string of the molecule is c1ccc(-c2cccc(N(c3ccc(-c4cc5ccccc5c5ccccc45)cc3)c3cccc4sc5c6ccccc6ccc5c34)c2)cc1. The highest BCUT2D eigenvalue weighted by Crippen LogP contribution is 2.47. The third-order valence-electron chi connectivity index (χ3n) is 10.0. The number of nitrogens with zero attached hydrogens (tertiary/aromatic N) is 1. The fourth-order valence-electron chi connectivity index (χ4n) is 7.69. The lowest BCUT2D eigenvalue weighted by Gasteiger charge is -2.27. The van der Waals surface area contributed by atoms with Crippen LogP contribution in [-0.4, -0.2) is 0 Å². The Labute approximate surface area is 294 Å². The van der Waals surface area contributed by atoms with Gasteiger partial charge in [0.05, 0.1) is 5.69 Å². The van der Waals surface area contributed by atoms with Crippen LogP contribution in [0.15, 0.2) is 188 Å². The van der Waals surface area contributed by atoms with Crippen LogP contribution in [0.4, 0.5) is 17.1 Å². The van der Waals surface area contributed by atoms with Gasteiger partial charge in [-0.25, -0.2) is 0 Å². The van der Waals surface area contributed by atoms with E-state index in [0.29, 0.717) is 0 Å². The minimum atomic E-state index is 1.12. The van der Waals surface area contributed by atoms with Crippen LogP contribution in [0.1, 0.15) is 0 Å². The van der Waals surface area contributed by atoms with Gasteiger partial charge >= 0.3 is 0 Å². The van der Waals surface area contributed by atoms with Crippen molar-refractivity contribution in [1.82, 2.24) is 0 Å². The maximum atomic E-state index is 2.44. The van der Waals surface area contributed by atoms with Crippen LogP contribution in [0.3, 0.4) is 0 Å². The van der Waals surface area contributed by atoms with Crippen LogP contribution < -0.4 is 4.90 Å². The maximum Gasteiger partial charge on any atom is 0.0554 e. The van der Waals surface area contributed by atoms with Gasteiger partial charge in [0.1, 0.15) is 0 Å². The highest BCUT2D eigenvalue weighted by Gasteiger charge is 2.20. The molecule has 0 aliphatic rings. The fourth-order valence-corrected chi connectivity index (χ4v) is 8.95. The van der Waals surface area contributed by atoms with Gasteiger partial charge in [0, 0.05) is 31.5 Å². The molecule has 9 aromatic carbocycles. The zero-order valence-corrected chi connectivity index (χ0v) is 28.1. The van der Waals surface area contributed by atoms with Gasteiger partial charge in [-0.05, 0) is 97.0 Å². The van der Waals surface area contributed by atoms with Gasteiger partial charge in [-0.1, -0.05) is 146 Å². The van der Waals surface area contributed by atoms with Gasteiger partial charge < -0.3 is 4.90 Å². The van der Waals surface area contributed by atoms with E-state index in [4.69, 9.17) is 0 Å². The predicted molar refractivity (Wildman–Crippen MR) is 217 cm³/mol. The smallest absolute Gasteiger partial charge is 0.0554 e. The Morgan fingerprint density at radius 1 is 0.360 bits per heavy atom. The molecule has 50 heavy (non-hydrogen) atoms. The monoisotopic (exact) mass is 653 g/mol. The molecule has 0 amide bonds. The van der Waals surface area contributed by atoms with E-state index in [9.17, 15) is 0 Å². The lowest BCUT2D eigenvalue weighted by Crippen LogP contribution is -2.10. The van der Waals surface area contributed by atoms with Crippen molar-refractivity contribution < 1.29 is 0 Å². The van der Waals surface area contributed by atoms with Crippen LogP contribution in [-0.2, 0) is 0 Å². The summed E-state index contributed by atoms with van der Waals surface area (Å²) in [7, 11) is 0. The first-order valence-corrected chi connectivity index (χ1v) is 17.9. The molecule has 0 aliphatic carbocycles. The van der Waals surface area contributed by atoms with Crippen molar-refractivity contribution in [3.8, 4) is 22.3 Å². The summed E-state index contributed by atoms with van der Waals surface area (Å²) in [5.41, 5.74) is 8.29. The topological polar surface area (TPSA) is 3.24 Å². The van der Waals surface area contributed by atoms with Crippen molar-refractivity contribution in [1.29, 1.82) is 0 Å². The highest BCUT2D eigenvalue weighted by atomic mass is 32.1. The third kappa shape index (κ3) is 4.69. The lowest BCUT2D eigenvalue weighted by molar-refractivity contribution is 1.30. The van der Waals surface area contributed by atoms with Crippen molar-refractivity contribution in [3.05, 3.63) is 188 Å². The molecule has 1 nitrogen and oxygen atoms in total. The molecule has 1 heterocycles. The van der Waals surface area contributed by atoms with Gasteiger partial charge in [-0.3, -0.25) is 0 Å². The number of hydrogen-bond acceptors (Lipinski definition) is 2. The number of hydrogen-bond donors (Lipinski definition) is 0. The summed E-state index contributed by atoms with van der Waals surface area (Å²) in [6, 6.07) is 68.7. The number of anilines is 3. The second-order valence-corrected chi connectivity index (χ2v) is 14.0. The molecular weight excluding hydrogens is 623 g/mol. The standard InChI is InChI=1S/C48H31NS/c1-2-12-32(13-3-1)35-16-10-17-38(30-35)49(45-22-11-23-46-47(45)43-29-26-33-14-4-7-19-40(33)48(43)50-46)37-27-24-34(25-28-37)44-31-36-15-5-6-18-39(36)41-20-8-9-21-42(41)44/h1-31H. The molecule has 10 rings (SSSR count). The average Bonchev–Trinajstić information content (AvgIpc) is 3.59. The van der Waals surface area contributed by atoms with Crippen LogP contribution in [0.5, 0.6) is 0 Å². The molecule has 0 spiro atoms. The summed E-state index contributed by atoms with van der Waals surface area (Å²) in [4.78, 5) is 2.44. The molecule has 2 heteroatoms. The normalized spacial score (nSPS) is 11.6. The quantitative estimate of drug-likeness (QED) is 0.167. The van der Waals surface area contributed by atoms with Gasteiger partial charge in [0.25, 0.3) is 0 Å². The molecule has 0 fully saturated rings. The van der Waals surface area contributed by atoms with E-state index >= 15 is 0 Å². The minimum Gasteiger partial charge on any atom is -0.310 e. The molecule has 10 aromatic rings. The van der Waals surface area contributed by atoms with E-state index in [-0.39, 0.29) is 0 Å². The molecule has 1 aromatic heterocycles. The summed E-state index contributed by atoms with van der Waals surface area (Å²) in [6.07, 6.45) is 0. The first-order chi connectivity index (χ1) is 24.8. The summed E-state index contributed by atoms with van der Waals surface area (Å²) < 4.78 is 2.62. The number of thiophene rings is 1. The van der Waals surface area contributed by atoms with E-state index in [1.165, 1.54) is 80.4 Å². The van der Waals surface area contributed by atoms with Crippen LogP contribution >= 0.6 is 11.3 Å². The number of benzene rings is 9. The molecule has 0 N–H and O–H groups in total. The Morgan fingerprint density at radius 2 is 1.04 bits per heavy atom. The zero-order valence-electron chi connectivity index (χ0n) is 27.3. The van der Waals surface area contributed by atoms with E-state index < -0.39 is 0 Å². The van der Waals surface area contributed by atoms with Crippen molar-refractivity contribution in [3.63, 3.8) is 0 Å². The highest BCUT2D eigenvalue weighted by molar-refractivity contribution is 7.26. The van der Waals surface area contributed by atoms with Gasteiger partial charge in [-0.15, -0.1) is 11.3 Å². The van der Waals surface area contributed by atoms with Crippen LogP contribution in [0, 0.1) is 0 Å². The summed E-state index contributed by atoms with van der Waals surface area (Å²) in [5, 5.41) is 10.3. The van der Waals surface area contributed by atoms with E-state index in [1.807, 2.05) is 11.3 Å². The summed E-state index contributed by atoms with van der Waals surface area (Å²) in [5.74, 6) is 0. The molecular formula is C48H31NS. The van der Waals surface area contributed by atoms with E-state index in [0.717, 1.165) is 11.4 Å². The first-order valence-electron chi connectivity index (χ1n) is 17.1. The number of fused-ring (bicyclic) bond motifs is 8. The molecule has 0 aliphatic heterocycles. The molecule has 0 atom stereocenters. The molecule has 234 valence electrons. The fraction of sp³-hybridized carbons (Fsp3) is 0. The van der Waals surface area contributed by atoms with Gasteiger partial charge in [0.15, 0.2) is 0 Å². The molecule has 0 unspecified atom stereocenters. The van der Waals surface area contributed by atoms with Crippen molar-refractivity contribution in [2.24, 2.45) is 0 Å². The Bertz CT molecular complexity index is 2870. The largest absolute Gasteiger partial charge is 0.310 e. The van der Waals surface area contributed by atoms with Crippen molar-refractivity contribution in [2.45, 2.75) is 0 Å². The van der Waals surface area contributed by atoms with Gasteiger partial charge in [0.2, 0.25) is 0 Å². The van der Waals surface area contributed by atoms with Gasteiger partial charge in [-0.2, -0.15) is 0 Å². The van der Waals surface area contributed by atoms with E-state index in [1.54, 1.807) is 0 Å². The van der Waals surface area contributed by atoms with Crippen LogP contribution in [0.25, 0.3) is 74.7 Å². The van der Waals surface area contributed by atoms with Crippen LogP contribution in [0.2, 0.25) is 0 Å². The first kappa shape index (κ1) is 28.8. The Hall–Kier alpha value is -6.22. The molecule has 0 saturated heterocycles. The Balaban J connectivity index is 1.19. The lowest BCUT2D eigenvalue weighted by atomic mass is 9.93. The summed E-state index contributed by atoms with van der Waals surface area (Å²) >= 11 is 1.89. The average molecular weight is 654 g/mol. The predicted octanol–water partition coefficient (Wildman–Crippen LogP) is 14.3.